The van der Waals surface area contributed by atoms with Crippen LogP contribution in [-0.2, 0) is 11.2 Å². The van der Waals surface area contributed by atoms with E-state index in [9.17, 15) is 9.59 Å². The Balaban J connectivity index is 1.59. The summed E-state index contributed by atoms with van der Waals surface area (Å²) in [6.07, 6.45) is 0.945. The molecule has 7 nitrogen and oxygen atoms in total. The van der Waals surface area contributed by atoms with Crippen LogP contribution in [0.5, 0.6) is 11.5 Å². The number of rotatable bonds is 6. The summed E-state index contributed by atoms with van der Waals surface area (Å²) >= 11 is 0. The number of fused-ring (bicyclic) bond motifs is 1. The van der Waals surface area contributed by atoms with Crippen LogP contribution in [0, 0.1) is 6.92 Å². The number of methoxy groups -OCH3 is 1. The molecule has 0 bridgehead atoms. The normalized spacial score (nSPS) is 15.3. The molecule has 2 heterocycles. The Morgan fingerprint density at radius 2 is 1.90 bits per heavy atom. The van der Waals surface area contributed by atoms with Crippen molar-refractivity contribution in [3.8, 4) is 11.5 Å². The SMILES string of the molecule is COc1cc([C@H]2CC(=O)Nc3nc(C)[nH]c(=O)c32)ccc1OCCc1ccccc1. The van der Waals surface area contributed by atoms with Gasteiger partial charge < -0.3 is 19.8 Å². The van der Waals surface area contributed by atoms with E-state index in [4.69, 9.17) is 9.47 Å². The van der Waals surface area contributed by atoms with Crippen molar-refractivity contribution < 1.29 is 14.3 Å². The van der Waals surface area contributed by atoms with Crippen molar-refractivity contribution in [1.29, 1.82) is 0 Å². The number of hydrogen-bond acceptors (Lipinski definition) is 5. The molecule has 1 aromatic heterocycles. The van der Waals surface area contributed by atoms with E-state index in [1.54, 1.807) is 14.0 Å². The van der Waals surface area contributed by atoms with Crippen molar-refractivity contribution in [3.63, 3.8) is 0 Å². The topological polar surface area (TPSA) is 93.3 Å². The van der Waals surface area contributed by atoms with E-state index in [0.717, 1.165) is 12.0 Å². The number of amides is 1. The number of hydrogen-bond donors (Lipinski definition) is 2. The van der Waals surface area contributed by atoms with Crippen molar-refractivity contribution in [3.05, 3.63) is 81.4 Å². The van der Waals surface area contributed by atoms with Crippen molar-refractivity contribution >= 4 is 11.7 Å². The lowest BCUT2D eigenvalue weighted by Crippen LogP contribution is -2.31. The Bertz CT molecular complexity index is 1130. The van der Waals surface area contributed by atoms with Gasteiger partial charge in [-0.2, -0.15) is 0 Å². The molecule has 0 spiro atoms. The molecule has 0 aliphatic carbocycles. The summed E-state index contributed by atoms with van der Waals surface area (Å²) in [5, 5.41) is 2.70. The Labute approximate surface area is 174 Å². The Hall–Kier alpha value is -3.61. The van der Waals surface area contributed by atoms with Gasteiger partial charge in [0.05, 0.1) is 19.3 Å². The van der Waals surface area contributed by atoms with Crippen molar-refractivity contribution in [2.75, 3.05) is 19.0 Å². The first-order valence-corrected chi connectivity index (χ1v) is 9.80. The van der Waals surface area contributed by atoms with Crippen LogP contribution in [0.3, 0.4) is 0 Å². The summed E-state index contributed by atoms with van der Waals surface area (Å²) in [7, 11) is 1.57. The minimum atomic E-state index is -0.405. The van der Waals surface area contributed by atoms with Gasteiger partial charge in [0.1, 0.15) is 11.6 Å². The molecule has 30 heavy (non-hydrogen) atoms. The van der Waals surface area contributed by atoms with Crippen LogP contribution < -0.4 is 20.3 Å². The summed E-state index contributed by atoms with van der Waals surface area (Å²) in [6, 6.07) is 15.6. The van der Waals surface area contributed by atoms with Crippen molar-refractivity contribution in [2.24, 2.45) is 0 Å². The molecule has 0 fully saturated rings. The standard InChI is InChI=1S/C23H23N3O4/c1-14-24-22-21(23(28)25-14)17(13-20(27)26-22)16-8-9-18(19(12-16)29-2)30-11-10-15-6-4-3-5-7-15/h3-9,12,17H,10-11,13H2,1-2H3,(H2,24,25,26,27,28)/t17-/m1/s1. The molecule has 2 N–H and O–H groups in total. The van der Waals surface area contributed by atoms with E-state index in [2.05, 4.69) is 27.4 Å². The molecule has 0 saturated heterocycles. The van der Waals surface area contributed by atoms with Gasteiger partial charge in [-0.3, -0.25) is 9.59 Å². The van der Waals surface area contributed by atoms with E-state index in [0.29, 0.717) is 35.3 Å². The number of carbonyl (C=O) groups excluding carboxylic acids is 1. The average molecular weight is 405 g/mol. The van der Waals surface area contributed by atoms with Crippen LogP contribution in [0.4, 0.5) is 5.82 Å². The average Bonchev–Trinajstić information content (AvgIpc) is 2.73. The first kappa shape index (κ1) is 19.7. The molecule has 0 radical (unpaired) electrons. The van der Waals surface area contributed by atoms with E-state index < -0.39 is 5.92 Å². The second-order valence-corrected chi connectivity index (χ2v) is 7.21. The summed E-state index contributed by atoms with van der Waals surface area (Å²) < 4.78 is 11.4. The fourth-order valence-corrected chi connectivity index (χ4v) is 3.71. The third kappa shape index (κ3) is 4.05. The van der Waals surface area contributed by atoms with E-state index >= 15 is 0 Å². The molecule has 1 atom stereocenters. The lowest BCUT2D eigenvalue weighted by Gasteiger charge is -2.25. The van der Waals surface area contributed by atoms with E-state index in [1.807, 2.05) is 36.4 Å². The third-order valence-corrected chi connectivity index (χ3v) is 5.15. The highest BCUT2D eigenvalue weighted by atomic mass is 16.5. The first-order valence-electron chi connectivity index (χ1n) is 9.80. The Morgan fingerprint density at radius 1 is 1.10 bits per heavy atom. The maximum atomic E-state index is 12.6. The molecular formula is C23H23N3O4. The molecule has 0 unspecified atom stereocenters. The fraction of sp³-hybridized carbons (Fsp3) is 0.261. The number of H-pyrrole nitrogens is 1. The zero-order valence-electron chi connectivity index (χ0n) is 16.9. The van der Waals surface area contributed by atoms with Gasteiger partial charge in [0.25, 0.3) is 5.56 Å². The van der Waals surface area contributed by atoms with Gasteiger partial charge in [0.2, 0.25) is 5.91 Å². The second-order valence-electron chi connectivity index (χ2n) is 7.21. The van der Waals surface area contributed by atoms with Crippen LogP contribution in [0.15, 0.2) is 53.3 Å². The lowest BCUT2D eigenvalue weighted by molar-refractivity contribution is -0.116. The van der Waals surface area contributed by atoms with Crippen molar-refractivity contribution in [1.82, 2.24) is 9.97 Å². The molecule has 0 saturated carbocycles. The number of nitrogens with one attached hydrogen (secondary N) is 2. The van der Waals surface area contributed by atoms with Crippen LogP contribution in [0.25, 0.3) is 0 Å². The minimum Gasteiger partial charge on any atom is -0.493 e. The Morgan fingerprint density at radius 3 is 2.67 bits per heavy atom. The maximum absolute atomic E-state index is 12.6. The number of benzene rings is 2. The van der Waals surface area contributed by atoms with Gasteiger partial charge in [-0.1, -0.05) is 36.4 Å². The predicted molar refractivity (Wildman–Crippen MR) is 113 cm³/mol. The molecular weight excluding hydrogens is 382 g/mol. The highest BCUT2D eigenvalue weighted by Gasteiger charge is 2.31. The summed E-state index contributed by atoms with van der Waals surface area (Å²) in [5.41, 5.74) is 2.21. The number of aryl methyl sites for hydroxylation is 1. The molecule has 154 valence electrons. The highest BCUT2D eigenvalue weighted by molar-refractivity contribution is 5.94. The van der Waals surface area contributed by atoms with Gasteiger partial charge >= 0.3 is 0 Å². The quantitative estimate of drug-likeness (QED) is 0.657. The largest absolute Gasteiger partial charge is 0.493 e. The minimum absolute atomic E-state index is 0.165. The molecule has 7 heteroatoms. The third-order valence-electron chi connectivity index (χ3n) is 5.15. The number of aromatic nitrogens is 2. The maximum Gasteiger partial charge on any atom is 0.256 e. The molecule has 1 amide bonds. The summed E-state index contributed by atoms with van der Waals surface area (Å²) in [5.74, 6) is 1.38. The van der Waals surface area contributed by atoms with E-state index in [-0.39, 0.29) is 17.9 Å². The molecule has 3 aromatic rings. The van der Waals surface area contributed by atoms with Gasteiger partial charge in [-0.05, 0) is 30.2 Å². The molecule has 2 aromatic carbocycles. The van der Waals surface area contributed by atoms with Gasteiger partial charge in [-0.15, -0.1) is 0 Å². The number of carbonyl (C=O) groups is 1. The first-order chi connectivity index (χ1) is 14.5. The summed E-state index contributed by atoms with van der Waals surface area (Å²) in [6.45, 7) is 2.19. The monoisotopic (exact) mass is 405 g/mol. The predicted octanol–water partition coefficient (Wildman–Crippen LogP) is 3.18. The fourth-order valence-electron chi connectivity index (χ4n) is 3.71. The molecule has 1 aliphatic heterocycles. The van der Waals surface area contributed by atoms with Gasteiger partial charge in [0.15, 0.2) is 11.5 Å². The number of anilines is 1. The zero-order valence-corrected chi connectivity index (χ0v) is 16.9. The van der Waals surface area contributed by atoms with Gasteiger partial charge in [0, 0.05) is 18.8 Å². The summed E-state index contributed by atoms with van der Waals surface area (Å²) in [4.78, 5) is 31.8. The number of nitrogens with zero attached hydrogens (tertiary/aromatic N) is 1. The number of ether oxygens (including phenoxy) is 2. The second kappa shape index (κ2) is 8.41. The Kier molecular flexibility index (Phi) is 5.52. The molecule has 4 rings (SSSR count). The zero-order chi connectivity index (χ0) is 21.1. The highest BCUT2D eigenvalue weighted by Crippen LogP contribution is 2.38. The van der Waals surface area contributed by atoms with Gasteiger partial charge in [-0.25, -0.2) is 4.98 Å². The smallest absolute Gasteiger partial charge is 0.256 e. The number of aromatic amines is 1. The van der Waals surface area contributed by atoms with E-state index in [1.165, 1.54) is 5.56 Å². The van der Waals surface area contributed by atoms with Crippen LogP contribution in [-0.4, -0.2) is 29.6 Å². The lowest BCUT2D eigenvalue weighted by atomic mass is 9.86. The van der Waals surface area contributed by atoms with Crippen molar-refractivity contribution in [2.45, 2.75) is 25.7 Å². The molecule has 1 aliphatic rings. The van der Waals surface area contributed by atoms with Crippen LogP contribution >= 0.6 is 0 Å². The van der Waals surface area contributed by atoms with Crippen LogP contribution in [0.2, 0.25) is 0 Å². The van der Waals surface area contributed by atoms with Crippen LogP contribution in [0.1, 0.15) is 34.9 Å².